The average molecular weight is 355 g/mol. The van der Waals surface area contributed by atoms with E-state index < -0.39 is 10.7 Å². The van der Waals surface area contributed by atoms with Gasteiger partial charge in [-0.2, -0.15) is 0 Å². The molecule has 0 saturated heterocycles. The number of nitrogens with two attached hydrogens (primary N) is 1. The molecule has 0 saturated carbocycles. The Morgan fingerprint density at radius 2 is 1.95 bits per heavy atom. The summed E-state index contributed by atoms with van der Waals surface area (Å²) < 4.78 is 19.8. The van der Waals surface area contributed by atoms with Crippen LogP contribution in [0, 0.1) is 15.9 Å². The number of non-ortho nitro benzene ring substituents is 1. The van der Waals surface area contributed by atoms with E-state index in [0.717, 1.165) is 11.6 Å². The maximum Gasteiger partial charge on any atom is 0.272 e. The van der Waals surface area contributed by atoms with E-state index in [2.05, 4.69) is 15.9 Å². The van der Waals surface area contributed by atoms with E-state index in [4.69, 9.17) is 10.5 Å². The number of halogens is 2. The van der Waals surface area contributed by atoms with E-state index >= 15 is 0 Å². The zero-order chi connectivity index (χ0) is 15.6. The minimum absolute atomic E-state index is 0.0881. The first-order valence-electron chi connectivity index (χ1n) is 6.05. The summed E-state index contributed by atoms with van der Waals surface area (Å²) in [5, 5.41) is 10.6. The van der Waals surface area contributed by atoms with Gasteiger partial charge in [0.2, 0.25) is 0 Å². The van der Waals surface area contributed by atoms with Gasteiger partial charge in [0, 0.05) is 12.1 Å². The van der Waals surface area contributed by atoms with Crippen molar-refractivity contribution < 1.29 is 14.1 Å². The number of benzene rings is 2. The topological polar surface area (TPSA) is 78.4 Å². The number of rotatable bonds is 4. The lowest BCUT2D eigenvalue weighted by molar-refractivity contribution is -0.385. The van der Waals surface area contributed by atoms with Gasteiger partial charge in [0.25, 0.3) is 5.69 Å². The van der Waals surface area contributed by atoms with Gasteiger partial charge in [0.1, 0.15) is 5.75 Å². The Morgan fingerprint density at radius 1 is 1.29 bits per heavy atom. The molecule has 2 aromatic carbocycles. The Hall–Kier alpha value is -1.99. The van der Waals surface area contributed by atoms with Crippen molar-refractivity contribution >= 4 is 21.6 Å². The molecule has 0 spiro atoms. The molecule has 0 bridgehead atoms. The summed E-state index contributed by atoms with van der Waals surface area (Å²) in [6.45, 7) is 1.85. The van der Waals surface area contributed by atoms with E-state index in [9.17, 15) is 14.5 Å². The third kappa shape index (κ3) is 3.56. The molecule has 5 nitrogen and oxygen atoms in total. The monoisotopic (exact) mass is 354 g/mol. The van der Waals surface area contributed by atoms with Crippen LogP contribution in [-0.2, 0) is 0 Å². The number of nitro benzene ring substituents is 1. The number of hydrogen-bond acceptors (Lipinski definition) is 4. The summed E-state index contributed by atoms with van der Waals surface area (Å²) in [5.74, 6) is -0.491. The summed E-state index contributed by atoms with van der Waals surface area (Å²) in [5.41, 5.74) is 6.34. The van der Waals surface area contributed by atoms with Gasteiger partial charge in [0.05, 0.1) is 15.5 Å². The van der Waals surface area contributed by atoms with E-state index in [1.54, 1.807) is 18.2 Å². The molecular formula is C14H12BrFN2O3. The van der Waals surface area contributed by atoms with Crippen LogP contribution in [0.4, 0.5) is 10.1 Å². The lowest BCUT2D eigenvalue weighted by Gasteiger charge is -2.11. The molecule has 0 aliphatic heterocycles. The number of nitrogens with zero attached hydrogens (tertiary/aromatic N) is 1. The summed E-state index contributed by atoms with van der Waals surface area (Å²) in [6.07, 6.45) is 0. The van der Waals surface area contributed by atoms with Crippen LogP contribution in [0.1, 0.15) is 18.5 Å². The molecule has 110 valence electrons. The fourth-order valence-corrected chi connectivity index (χ4v) is 2.17. The molecule has 0 aliphatic carbocycles. The van der Waals surface area contributed by atoms with Crippen LogP contribution >= 0.6 is 15.9 Å². The first-order chi connectivity index (χ1) is 9.88. The van der Waals surface area contributed by atoms with Crippen LogP contribution < -0.4 is 10.5 Å². The largest absolute Gasteiger partial charge is 0.453 e. The quantitative estimate of drug-likeness (QED) is 0.655. The van der Waals surface area contributed by atoms with Crippen molar-refractivity contribution in [1.29, 1.82) is 0 Å². The van der Waals surface area contributed by atoms with Crippen LogP contribution in [0.2, 0.25) is 0 Å². The molecule has 0 heterocycles. The van der Waals surface area contributed by atoms with Gasteiger partial charge >= 0.3 is 0 Å². The Bertz CT molecular complexity index is 692. The zero-order valence-electron chi connectivity index (χ0n) is 11.0. The lowest BCUT2D eigenvalue weighted by Crippen LogP contribution is -2.04. The molecule has 0 amide bonds. The molecule has 21 heavy (non-hydrogen) atoms. The second-order valence-electron chi connectivity index (χ2n) is 4.45. The summed E-state index contributed by atoms with van der Waals surface area (Å²) >= 11 is 3.32. The molecule has 2 rings (SSSR count). The van der Waals surface area contributed by atoms with Crippen molar-refractivity contribution in [1.82, 2.24) is 0 Å². The van der Waals surface area contributed by atoms with E-state index in [-0.39, 0.29) is 17.5 Å². The van der Waals surface area contributed by atoms with E-state index in [1.807, 2.05) is 6.92 Å². The van der Waals surface area contributed by atoms with Crippen molar-refractivity contribution in [2.45, 2.75) is 13.0 Å². The number of ether oxygens (including phenoxy) is 1. The van der Waals surface area contributed by atoms with E-state index in [1.165, 1.54) is 12.1 Å². The Balaban J connectivity index is 2.28. The van der Waals surface area contributed by atoms with Gasteiger partial charge in [-0.1, -0.05) is 6.07 Å². The van der Waals surface area contributed by atoms with E-state index in [0.29, 0.717) is 10.2 Å². The summed E-state index contributed by atoms with van der Waals surface area (Å²) in [7, 11) is 0. The maximum absolute atomic E-state index is 13.8. The Morgan fingerprint density at radius 3 is 2.48 bits per heavy atom. The predicted molar refractivity (Wildman–Crippen MR) is 79.9 cm³/mol. The van der Waals surface area contributed by atoms with Crippen LogP contribution in [0.3, 0.4) is 0 Å². The molecule has 2 aromatic rings. The highest BCUT2D eigenvalue weighted by molar-refractivity contribution is 9.10. The van der Waals surface area contributed by atoms with Crippen molar-refractivity contribution in [2.75, 3.05) is 0 Å². The van der Waals surface area contributed by atoms with Gasteiger partial charge in [-0.25, -0.2) is 4.39 Å². The van der Waals surface area contributed by atoms with Gasteiger partial charge in [-0.15, -0.1) is 0 Å². The van der Waals surface area contributed by atoms with Gasteiger partial charge < -0.3 is 10.5 Å². The Labute approximate surface area is 128 Å². The van der Waals surface area contributed by atoms with Crippen LogP contribution in [-0.4, -0.2) is 4.92 Å². The molecule has 0 fully saturated rings. The maximum atomic E-state index is 13.8. The SMILES string of the molecule is C[C@@H](N)c1ccc(Oc2ccc([N+](=O)[O-])cc2F)c(Br)c1. The Kier molecular flexibility index (Phi) is 4.54. The van der Waals surface area contributed by atoms with Gasteiger partial charge in [-0.05, 0) is 46.6 Å². The molecular weight excluding hydrogens is 343 g/mol. The van der Waals surface area contributed by atoms with Crippen LogP contribution in [0.5, 0.6) is 11.5 Å². The first-order valence-corrected chi connectivity index (χ1v) is 6.84. The second-order valence-corrected chi connectivity index (χ2v) is 5.31. The van der Waals surface area contributed by atoms with Gasteiger partial charge in [0.15, 0.2) is 11.6 Å². The standard InChI is InChI=1S/C14H12BrFN2O3/c1-8(17)9-2-4-13(11(15)6-9)21-14-5-3-10(18(19)20)7-12(14)16/h2-8H,17H2,1H3/t8-/m1/s1. The number of hydrogen-bond donors (Lipinski definition) is 1. The molecule has 0 unspecified atom stereocenters. The molecule has 1 atom stereocenters. The minimum atomic E-state index is -0.799. The zero-order valence-corrected chi connectivity index (χ0v) is 12.6. The molecule has 0 radical (unpaired) electrons. The van der Waals surface area contributed by atoms with Crippen molar-refractivity contribution in [2.24, 2.45) is 5.73 Å². The van der Waals surface area contributed by atoms with Crippen molar-refractivity contribution in [3.05, 3.63) is 62.4 Å². The fourth-order valence-electron chi connectivity index (χ4n) is 1.69. The smallest absolute Gasteiger partial charge is 0.272 e. The molecule has 7 heteroatoms. The third-order valence-corrected chi connectivity index (χ3v) is 3.45. The van der Waals surface area contributed by atoms with Crippen LogP contribution in [0.25, 0.3) is 0 Å². The first kappa shape index (κ1) is 15.4. The molecule has 0 aromatic heterocycles. The molecule has 2 N–H and O–H groups in total. The van der Waals surface area contributed by atoms with Crippen LogP contribution in [0.15, 0.2) is 40.9 Å². The highest BCUT2D eigenvalue weighted by Crippen LogP contribution is 2.33. The fraction of sp³-hybridized carbons (Fsp3) is 0.143. The third-order valence-electron chi connectivity index (χ3n) is 2.83. The van der Waals surface area contributed by atoms with Crippen molar-refractivity contribution in [3.8, 4) is 11.5 Å². The lowest BCUT2D eigenvalue weighted by atomic mass is 10.1. The average Bonchev–Trinajstić information content (AvgIpc) is 2.42. The van der Waals surface area contributed by atoms with Crippen molar-refractivity contribution in [3.63, 3.8) is 0 Å². The second kappa shape index (κ2) is 6.19. The highest BCUT2D eigenvalue weighted by atomic mass is 79.9. The molecule has 0 aliphatic rings. The minimum Gasteiger partial charge on any atom is -0.453 e. The summed E-state index contributed by atoms with van der Waals surface area (Å²) in [4.78, 5) is 9.89. The van der Waals surface area contributed by atoms with Gasteiger partial charge in [-0.3, -0.25) is 10.1 Å². The normalized spacial score (nSPS) is 12.0. The summed E-state index contributed by atoms with van der Waals surface area (Å²) in [6, 6.07) is 8.30. The predicted octanol–water partition coefficient (Wildman–Crippen LogP) is 4.31. The number of nitro groups is 1. The highest BCUT2D eigenvalue weighted by Gasteiger charge is 2.14.